The van der Waals surface area contributed by atoms with Gasteiger partial charge in [0.15, 0.2) is 22.1 Å². The molecule has 1 aliphatic carbocycles. The number of thioether (sulfide) groups is 1. The maximum absolute atomic E-state index is 12.2. The molecule has 2 aromatic carbocycles. The Morgan fingerprint density at radius 1 is 1.12 bits per heavy atom. The molecule has 222 valence electrons. The van der Waals surface area contributed by atoms with Gasteiger partial charge in [-0.3, -0.25) is 0 Å². The number of carbonyl (C=O) groups excluding carboxylic acids is 1. The Hall–Kier alpha value is -3.32. The normalized spacial score (nSPS) is 23.1. The number of hydrogen-bond acceptors (Lipinski definition) is 11. The predicted molar refractivity (Wildman–Crippen MR) is 157 cm³/mol. The number of benzene rings is 2. The van der Waals surface area contributed by atoms with Crippen molar-refractivity contribution < 1.29 is 28.5 Å². The third-order valence-electron chi connectivity index (χ3n) is 7.12. The van der Waals surface area contributed by atoms with Crippen LogP contribution in [0.25, 0.3) is 21.9 Å². The Labute approximate surface area is 248 Å². The average molecular weight is 594 g/mol. The van der Waals surface area contributed by atoms with Gasteiger partial charge in [0, 0.05) is 12.2 Å². The molecule has 3 heterocycles. The molecular formula is C30H35N5O6S. The first-order valence-corrected chi connectivity index (χ1v) is 15.3. The van der Waals surface area contributed by atoms with E-state index in [9.17, 15) is 4.79 Å². The van der Waals surface area contributed by atoms with Crippen LogP contribution in [0, 0.1) is 0 Å². The molecular weight excluding hydrogens is 558 g/mol. The van der Waals surface area contributed by atoms with Crippen LogP contribution in [-0.2, 0) is 23.7 Å². The van der Waals surface area contributed by atoms with Gasteiger partial charge >= 0.3 is 5.97 Å². The number of carbonyl (C=O) groups is 1. The van der Waals surface area contributed by atoms with Crippen molar-refractivity contribution in [3.8, 4) is 11.6 Å². The maximum Gasteiger partial charge on any atom is 0.332 e. The first-order chi connectivity index (χ1) is 20.2. The van der Waals surface area contributed by atoms with E-state index in [0.29, 0.717) is 34.4 Å². The number of aromatic nitrogens is 5. The summed E-state index contributed by atoms with van der Waals surface area (Å²) in [6.07, 6.45) is 0.0333. The Bertz CT molecular complexity index is 1590. The summed E-state index contributed by atoms with van der Waals surface area (Å²) in [6, 6.07) is 13.7. The van der Waals surface area contributed by atoms with Gasteiger partial charge in [0.25, 0.3) is 5.88 Å². The van der Waals surface area contributed by atoms with E-state index in [1.54, 1.807) is 30.3 Å². The highest BCUT2D eigenvalue weighted by atomic mass is 32.2. The summed E-state index contributed by atoms with van der Waals surface area (Å²) in [6.45, 7) is 9.27. The monoisotopic (exact) mass is 593 g/mol. The third kappa shape index (κ3) is 5.94. The van der Waals surface area contributed by atoms with Crippen LogP contribution in [0.5, 0.6) is 11.6 Å². The Balaban J connectivity index is 1.33. The zero-order valence-electron chi connectivity index (χ0n) is 24.4. The molecule has 2 aromatic heterocycles. The molecule has 0 spiro atoms. The van der Waals surface area contributed by atoms with Crippen molar-refractivity contribution in [2.45, 2.75) is 88.9 Å². The Morgan fingerprint density at radius 2 is 1.90 bits per heavy atom. The first-order valence-electron chi connectivity index (χ1n) is 14.3. The van der Waals surface area contributed by atoms with E-state index in [-0.39, 0.29) is 24.9 Å². The van der Waals surface area contributed by atoms with Gasteiger partial charge in [-0.25, -0.2) is 14.5 Å². The molecule has 0 N–H and O–H groups in total. The van der Waals surface area contributed by atoms with Crippen LogP contribution < -0.4 is 4.74 Å². The lowest BCUT2D eigenvalue weighted by molar-refractivity contribution is -0.175. The standard InChI is InChI=1S/C30H35N5O6S/c1-6-13-42-29-31-27-24(28(32-29)39-20-12-11-18-9-7-8-10-19(18)14-20)33-34-35(27)21-15-22(37-16-23(36)38-17(2)3)26-25(21)40-30(4,5)41-26/h7-12,14,17,21-22,25-26H,6,13,15-16H2,1-5H3/t21?,22-,25-,26+/m0/s1. The lowest BCUT2D eigenvalue weighted by Gasteiger charge is -2.23. The quantitative estimate of drug-likeness (QED) is 0.132. The van der Waals surface area contributed by atoms with Crippen molar-refractivity contribution in [3.05, 3.63) is 42.5 Å². The molecule has 0 amide bonds. The summed E-state index contributed by atoms with van der Waals surface area (Å²) in [5.41, 5.74) is 0.986. The fraction of sp³-hybridized carbons (Fsp3) is 0.500. The predicted octanol–water partition coefficient (Wildman–Crippen LogP) is 5.47. The Morgan fingerprint density at radius 3 is 2.69 bits per heavy atom. The van der Waals surface area contributed by atoms with Crippen LogP contribution in [0.1, 0.15) is 53.5 Å². The zero-order chi connectivity index (χ0) is 29.4. The number of nitrogens with zero attached hydrogens (tertiary/aromatic N) is 5. The summed E-state index contributed by atoms with van der Waals surface area (Å²) in [5, 5.41) is 11.7. The molecule has 12 heteroatoms. The van der Waals surface area contributed by atoms with Crippen LogP contribution in [-0.4, -0.2) is 73.5 Å². The van der Waals surface area contributed by atoms with Crippen molar-refractivity contribution in [1.82, 2.24) is 25.0 Å². The highest BCUT2D eigenvalue weighted by molar-refractivity contribution is 7.99. The number of hydrogen-bond donors (Lipinski definition) is 0. The van der Waals surface area contributed by atoms with Gasteiger partial charge in [-0.05, 0) is 57.0 Å². The van der Waals surface area contributed by atoms with Crippen LogP contribution in [0.15, 0.2) is 47.6 Å². The second-order valence-corrected chi connectivity index (χ2v) is 12.3. The second kappa shape index (κ2) is 11.8. The zero-order valence-corrected chi connectivity index (χ0v) is 25.2. The molecule has 11 nitrogen and oxygen atoms in total. The number of rotatable bonds is 10. The topological polar surface area (TPSA) is 120 Å². The minimum atomic E-state index is -0.827. The second-order valence-electron chi connectivity index (χ2n) is 11.2. The molecule has 42 heavy (non-hydrogen) atoms. The Kier molecular flexibility index (Phi) is 8.05. The molecule has 1 saturated carbocycles. The van der Waals surface area contributed by atoms with Crippen molar-refractivity contribution in [2.75, 3.05) is 12.4 Å². The molecule has 2 aliphatic rings. The van der Waals surface area contributed by atoms with Gasteiger partial charge in [-0.15, -0.1) is 5.10 Å². The minimum Gasteiger partial charge on any atom is -0.461 e. The smallest absolute Gasteiger partial charge is 0.332 e. The summed E-state index contributed by atoms with van der Waals surface area (Å²) < 4.78 is 31.9. The van der Waals surface area contributed by atoms with Gasteiger partial charge in [0.05, 0.1) is 18.2 Å². The lowest BCUT2D eigenvalue weighted by atomic mass is 10.1. The SMILES string of the molecule is CCCSc1nc(Oc2ccc3ccccc3c2)c2nnn(C3C[C@H](OCC(=O)OC(C)C)[C@H]4OC(C)(C)O[C@@H]34)c2n1. The minimum absolute atomic E-state index is 0.176. The van der Waals surface area contributed by atoms with Gasteiger partial charge in [-0.2, -0.15) is 4.98 Å². The van der Waals surface area contributed by atoms with Gasteiger partial charge in [0.1, 0.15) is 24.6 Å². The highest BCUT2D eigenvalue weighted by Crippen LogP contribution is 2.46. The molecule has 0 radical (unpaired) electrons. The van der Waals surface area contributed by atoms with Gasteiger partial charge in [-0.1, -0.05) is 54.2 Å². The molecule has 0 bridgehead atoms. The summed E-state index contributed by atoms with van der Waals surface area (Å²) in [5.74, 6) is 0.584. The van der Waals surface area contributed by atoms with E-state index in [0.717, 1.165) is 22.9 Å². The van der Waals surface area contributed by atoms with Gasteiger partial charge < -0.3 is 23.7 Å². The van der Waals surface area contributed by atoms with Crippen molar-refractivity contribution in [1.29, 1.82) is 0 Å². The number of ether oxygens (including phenoxy) is 5. The summed E-state index contributed by atoms with van der Waals surface area (Å²) in [4.78, 5) is 21.8. The molecule has 1 aliphatic heterocycles. The average Bonchev–Trinajstić information content (AvgIpc) is 3.61. The lowest BCUT2D eigenvalue weighted by Crippen LogP contribution is -2.33. The largest absolute Gasteiger partial charge is 0.461 e. The van der Waals surface area contributed by atoms with E-state index in [4.69, 9.17) is 33.7 Å². The summed E-state index contributed by atoms with van der Waals surface area (Å²) in [7, 11) is 0. The van der Waals surface area contributed by atoms with Gasteiger partial charge in [0.2, 0.25) is 0 Å². The van der Waals surface area contributed by atoms with E-state index < -0.39 is 24.0 Å². The summed E-state index contributed by atoms with van der Waals surface area (Å²) >= 11 is 1.55. The van der Waals surface area contributed by atoms with Crippen LogP contribution >= 0.6 is 11.8 Å². The van der Waals surface area contributed by atoms with E-state index in [1.165, 1.54) is 0 Å². The van der Waals surface area contributed by atoms with Crippen LogP contribution in [0.4, 0.5) is 0 Å². The molecule has 4 aromatic rings. The third-order valence-corrected chi connectivity index (χ3v) is 8.17. The van der Waals surface area contributed by atoms with Crippen LogP contribution in [0.2, 0.25) is 0 Å². The maximum atomic E-state index is 12.2. The fourth-order valence-electron chi connectivity index (χ4n) is 5.46. The number of esters is 1. The van der Waals surface area contributed by atoms with Crippen LogP contribution in [0.3, 0.4) is 0 Å². The molecule has 1 unspecified atom stereocenters. The molecule has 6 rings (SSSR count). The first kappa shape index (κ1) is 28.8. The number of fused-ring (bicyclic) bond motifs is 3. The van der Waals surface area contributed by atoms with E-state index in [2.05, 4.69) is 23.3 Å². The van der Waals surface area contributed by atoms with Crippen molar-refractivity contribution in [2.24, 2.45) is 0 Å². The highest BCUT2D eigenvalue weighted by Gasteiger charge is 2.56. The molecule has 4 atom stereocenters. The fourth-order valence-corrected chi connectivity index (χ4v) is 6.15. The molecule has 2 fully saturated rings. The van der Waals surface area contributed by atoms with E-state index in [1.807, 2.05) is 50.2 Å². The van der Waals surface area contributed by atoms with Crippen molar-refractivity contribution in [3.63, 3.8) is 0 Å². The molecule has 1 saturated heterocycles. The van der Waals surface area contributed by atoms with Crippen molar-refractivity contribution >= 4 is 39.7 Å². The van der Waals surface area contributed by atoms with E-state index >= 15 is 0 Å².